The van der Waals surface area contributed by atoms with Crippen molar-refractivity contribution in [3.8, 4) is 6.07 Å². The van der Waals surface area contributed by atoms with Gasteiger partial charge >= 0.3 is 0 Å². The molecule has 0 aromatic heterocycles. The molecular weight excluding hydrogens is 366 g/mol. The van der Waals surface area contributed by atoms with Crippen molar-refractivity contribution in [2.45, 2.75) is 9.79 Å². The van der Waals surface area contributed by atoms with Crippen LogP contribution in [0.15, 0.2) is 30.2 Å². The summed E-state index contributed by atoms with van der Waals surface area (Å²) in [6, 6.07) is 2.20. The van der Waals surface area contributed by atoms with Gasteiger partial charge in [-0.25, -0.2) is 0 Å². The fraction of sp³-hybridized carbons (Fsp3) is 0.182. The highest BCUT2D eigenvalue weighted by atomic mass is 35.5. The summed E-state index contributed by atoms with van der Waals surface area (Å²) in [7, 11) is 0. The summed E-state index contributed by atoms with van der Waals surface area (Å²) in [6.07, 6.45) is 3.83. The summed E-state index contributed by atoms with van der Waals surface area (Å²) in [5.74, 6) is 0. The van der Waals surface area contributed by atoms with Crippen LogP contribution in [0.3, 0.4) is 0 Å². The van der Waals surface area contributed by atoms with Crippen LogP contribution in [0.5, 0.6) is 0 Å². The third-order valence-electron chi connectivity index (χ3n) is 2.60. The summed E-state index contributed by atoms with van der Waals surface area (Å²) >= 11 is 12.2. The Kier molecular flexibility index (Phi) is 4.51. The standard InChI is InChI=1S/C11H6ClN5S4/c1-18-10-17-15-7-5(12)9-6(4(3-13)8(7)20-10)14-16-11(19-2)21-9/h1-2H3. The Bertz CT molecular complexity index is 853. The molecule has 2 aliphatic rings. The zero-order chi connectivity index (χ0) is 15.0. The second-order valence-corrected chi connectivity index (χ2v) is 8.18. The van der Waals surface area contributed by atoms with E-state index in [9.17, 15) is 5.26 Å². The van der Waals surface area contributed by atoms with Crippen LogP contribution >= 0.6 is 58.6 Å². The van der Waals surface area contributed by atoms with Crippen molar-refractivity contribution in [1.29, 1.82) is 5.26 Å². The molecule has 0 spiro atoms. The summed E-state index contributed by atoms with van der Waals surface area (Å²) in [5.41, 5.74) is 0.455. The molecule has 2 heterocycles. The van der Waals surface area contributed by atoms with E-state index in [2.05, 4.69) is 26.5 Å². The van der Waals surface area contributed by atoms with Gasteiger partial charge in [0, 0.05) is 0 Å². The third kappa shape index (κ3) is 2.59. The molecule has 0 bridgehead atoms. The maximum Gasteiger partial charge on any atom is 0.157 e. The molecule has 0 unspecified atom stereocenters. The maximum absolute atomic E-state index is 9.50. The smallest absolute Gasteiger partial charge is 0.157 e. The van der Waals surface area contributed by atoms with Crippen LogP contribution in [0.2, 0.25) is 5.02 Å². The van der Waals surface area contributed by atoms with Gasteiger partial charge in [-0.3, -0.25) is 0 Å². The van der Waals surface area contributed by atoms with Crippen LogP contribution in [-0.4, -0.2) is 21.3 Å². The average Bonchev–Trinajstić information content (AvgIpc) is 2.54. The van der Waals surface area contributed by atoms with Crippen LogP contribution in [0, 0.1) is 11.3 Å². The molecule has 0 saturated carbocycles. The van der Waals surface area contributed by atoms with E-state index in [0.29, 0.717) is 26.2 Å². The number of rotatable bonds is 0. The van der Waals surface area contributed by atoms with Gasteiger partial charge in [0.15, 0.2) is 8.75 Å². The fourth-order valence-corrected chi connectivity index (χ4v) is 4.92. The number of benzene rings is 1. The minimum atomic E-state index is 0.455. The second-order valence-electron chi connectivity index (χ2n) is 3.70. The van der Waals surface area contributed by atoms with E-state index < -0.39 is 0 Å². The second kappa shape index (κ2) is 6.22. The van der Waals surface area contributed by atoms with Crippen molar-refractivity contribution < 1.29 is 0 Å². The molecule has 10 heteroatoms. The van der Waals surface area contributed by atoms with Crippen molar-refractivity contribution >= 4 is 67.4 Å². The van der Waals surface area contributed by atoms with Crippen LogP contribution in [0.25, 0.3) is 0 Å². The number of hydrogen-bond donors (Lipinski definition) is 0. The van der Waals surface area contributed by atoms with E-state index in [1.165, 1.54) is 47.0 Å². The van der Waals surface area contributed by atoms with Crippen molar-refractivity contribution in [3.63, 3.8) is 0 Å². The molecule has 21 heavy (non-hydrogen) atoms. The summed E-state index contributed by atoms with van der Waals surface area (Å²) < 4.78 is 1.55. The third-order valence-corrected chi connectivity index (χ3v) is 7.16. The lowest BCUT2D eigenvalue weighted by Gasteiger charge is -2.15. The molecule has 0 N–H and O–H groups in total. The van der Waals surface area contributed by atoms with Gasteiger partial charge in [0.25, 0.3) is 0 Å². The number of nitrogens with zero attached hydrogens (tertiary/aromatic N) is 5. The van der Waals surface area contributed by atoms with Gasteiger partial charge in [0.2, 0.25) is 0 Å². The van der Waals surface area contributed by atoms with E-state index in [4.69, 9.17) is 11.6 Å². The first-order chi connectivity index (χ1) is 10.2. The van der Waals surface area contributed by atoms with Gasteiger partial charge in [0.1, 0.15) is 16.8 Å². The molecule has 1 aromatic carbocycles. The van der Waals surface area contributed by atoms with Crippen LogP contribution < -0.4 is 10.7 Å². The quantitative estimate of drug-likeness (QED) is 0.701. The lowest BCUT2D eigenvalue weighted by molar-refractivity contribution is 1.00. The van der Waals surface area contributed by atoms with E-state index in [-0.39, 0.29) is 0 Å². The average molecular weight is 372 g/mol. The number of hydrogen-bond acceptors (Lipinski definition) is 9. The number of thioether (sulfide) groups is 4. The summed E-state index contributed by atoms with van der Waals surface area (Å²) in [6.45, 7) is 0. The highest BCUT2D eigenvalue weighted by Gasteiger charge is 2.25. The highest BCUT2D eigenvalue weighted by molar-refractivity contribution is 8.39. The molecule has 0 radical (unpaired) electrons. The molecule has 5 nitrogen and oxygen atoms in total. The Balaban J connectivity index is 2.35. The largest absolute Gasteiger partial charge is 0.192 e. The zero-order valence-electron chi connectivity index (χ0n) is 10.7. The molecule has 0 fully saturated rings. The number of nitriles is 1. The normalized spacial score (nSPS) is 15.7. The van der Waals surface area contributed by atoms with Crippen LogP contribution in [0.4, 0.5) is 0 Å². The molecule has 0 saturated heterocycles. The van der Waals surface area contributed by atoms with Crippen molar-refractivity contribution in [1.82, 2.24) is 0 Å². The van der Waals surface area contributed by atoms with E-state index in [1.807, 2.05) is 12.5 Å². The summed E-state index contributed by atoms with van der Waals surface area (Å²) in [5, 5.41) is 27.6. The van der Waals surface area contributed by atoms with E-state index >= 15 is 0 Å². The van der Waals surface area contributed by atoms with Gasteiger partial charge in [-0.1, -0.05) is 35.1 Å². The molecule has 106 valence electrons. The minimum absolute atomic E-state index is 0.455. The molecule has 0 atom stereocenters. The Labute approximate surface area is 142 Å². The molecular formula is C11H6ClN5S4. The maximum atomic E-state index is 9.50. The van der Waals surface area contributed by atoms with Gasteiger partial charge < -0.3 is 0 Å². The van der Waals surface area contributed by atoms with Crippen molar-refractivity contribution in [3.05, 3.63) is 21.3 Å². The molecule has 1 aromatic rings. The predicted molar refractivity (Wildman–Crippen MR) is 92.1 cm³/mol. The van der Waals surface area contributed by atoms with Gasteiger partial charge in [-0.2, -0.15) is 5.26 Å². The Hall–Kier alpha value is -0.660. The Morgan fingerprint density at radius 2 is 1.52 bits per heavy atom. The Morgan fingerprint density at radius 1 is 0.952 bits per heavy atom. The number of halogens is 1. The lowest BCUT2D eigenvalue weighted by atomic mass is 10.2. The minimum Gasteiger partial charge on any atom is -0.192 e. The van der Waals surface area contributed by atoms with Gasteiger partial charge in [-0.15, -0.1) is 43.9 Å². The first kappa shape index (κ1) is 15.2. The van der Waals surface area contributed by atoms with Gasteiger partial charge in [-0.05, 0) is 12.5 Å². The highest BCUT2D eigenvalue weighted by Crippen LogP contribution is 2.34. The first-order valence-corrected chi connectivity index (χ1v) is 9.96. The first-order valence-electron chi connectivity index (χ1n) is 5.50. The molecule has 3 rings (SSSR count). The number of fused-ring (bicyclic) bond motifs is 2. The van der Waals surface area contributed by atoms with E-state index in [0.717, 1.165) is 13.6 Å². The fourth-order valence-electron chi connectivity index (χ4n) is 1.69. The molecule has 0 aliphatic carbocycles. The van der Waals surface area contributed by atoms with E-state index in [1.54, 1.807) is 0 Å². The zero-order valence-corrected chi connectivity index (χ0v) is 14.8. The molecule has 0 amide bonds. The van der Waals surface area contributed by atoms with Crippen LogP contribution in [0.1, 0.15) is 5.56 Å². The van der Waals surface area contributed by atoms with Crippen molar-refractivity contribution in [2.75, 3.05) is 12.5 Å². The van der Waals surface area contributed by atoms with Crippen LogP contribution in [-0.2, 0) is 0 Å². The monoisotopic (exact) mass is 371 g/mol. The summed E-state index contributed by atoms with van der Waals surface area (Å²) in [4.78, 5) is 1.42. The molecule has 2 aliphatic heterocycles. The Morgan fingerprint density at radius 3 is 2.10 bits per heavy atom. The SMILES string of the molecule is CSC1=NN=c2c(Cl)c3c(c(C#N)c2S1)=NN=C(SC)S3. The lowest BCUT2D eigenvalue weighted by Crippen LogP contribution is -2.25. The van der Waals surface area contributed by atoms with Gasteiger partial charge in [0.05, 0.1) is 20.4 Å². The predicted octanol–water partition coefficient (Wildman–Crippen LogP) is 2.93. The van der Waals surface area contributed by atoms with Crippen molar-refractivity contribution in [2.24, 2.45) is 20.4 Å². The topological polar surface area (TPSA) is 73.2 Å².